The van der Waals surface area contributed by atoms with E-state index in [4.69, 9.17) is 9.84 Å². The van der Waals surface area contributed by atoms with Crippen LogP contribution in [0.3, 0.4) is 0 Å². The van der Waals surface area contributed by atoms with Crippen LogP contribution >= 0.6 is 0 Å². The molecule has 1 aromatic heterocycles. The van der Waals surface area contributed by atoms with Crippen molar-refractivity contribution in [2.75, 3.05) is 0 Å². The van der Waals surface area contributed by atoms with Crippen molar-refractivity contribution in [1.29, 1.82) is 0 Å². The molecule has 0 radical (unpaired) electrons. The first-order chi connectivity index (χ1) is 7.18. The van der Waals surface area contributed by atoms with Gasteiger partial charge < -0.3 is 14.4 Å². The van der Waals surface area contributed by atoms with Gasteiger partial charge in [-0.2, -0.15) is 0 Å². The van der Waals surface area contributed by atoms with Gasteiger partial charge in [-0.3, -0.25) is 0 Å². The van der Waals surface area contributed by atoms with E-state index in [0.717, 1.165) is 5.69 Å². The average Bonchev–Trinajstić information content (AvgIpc) is 2.94. The molecule has 1 heterocycles. The van der Waals surface area contributed by atoms with Crippen LogP contribution in [0.1, 0.15) is 31.5 Å². The number of aliphatic carboxylic acids is 1. The second kappa shape index (κ2) is 4.02. The van der Waals surface area contributed by atoms with Crippen LogP contribution in [-0.2, 0) is 16.1 Å². The molecule has 1 unspecified atom stereocenters. The zero-order chi connectivity index (χ0) is 10.8. The third kappa shape index (κ3) is 2.36. The lowest BCUT2D eigenvalue weighted by atomic mass is 10.4. The van der Waals surface area contributed by atoms with Crippen molar-refractivity contribution in [1.82, 2.24) is 9.55 Å². The van der Waals surface area contributed by atoms with Crippen LogP contribution in [0.2, 0.25) is 0 Å². The van der Waals surface area contributed by atoms with Gasteiger partial charge in [0.2, 0.25) is 0 Å². The van der Waals surface area contributed by atoms with Gasteiger partial charge in [-0.15, -0.1) is 0 Å². The fraction of sp³-hybridized carbons (Fsp3) is 0.600. The minimum absolute atomic E-state index is 0.309. The number of hydrogen-bond acceptors (Lipinski definition) is 3. The second-order valence-electron chi connectivity index (χ2n) is 3.81. The first kappa shape index (κ1) is 10.2. The highest BCUT2D eigenvalue weighted by atomic mass is 16.5. The Bertz CT molecular complexity index is 357. The highest BCUT2D eigenvalue weighted by Gasteiger charge is 2.25. The van der Waals surface area contributed by atoms with Crippen LogP contribution in [0.25, 0.3) is 0 Å². The number of imidazole rings is 1. The lowest BCUT2D eigenvalue weighted by Gasteiger charge is -2.10. The molecule has 1 N–H and O–H groups in total. The van der Waals surface area contributed by atoms with E-state index in [1.165, 1.54) is 19.8 Å². The van der Waals surface area contributed by atoms with Crippen LogP contribution < -0.4 is 0 Å². The molecule has 1 aromatic rings. The number of rotatable bonds is 5. The average molecular weight is 210 g/mol. The van der Waals surface area contributed by atoms with Crippen LogP contribution in [0, 0.1) is 0 Å². The second-order valence-corrected chi connectivity index (χ2v) is 3.81. The van der Waals surface area contributed by atoms with Gasteiger partial charge in [0.15, 0.2) is 6.10 Å². The summed E-state index contributed by atoms with van der Waals surface area (Å²) in [6, 6.07) is 0.547. The monoisotopic (exact) mass is 210 g/mol. The molecule has 0 aromatic carbocycles. The maximum absolute atomic E-state index is 10.5. The summed E-state index contributed by atoms with van der Waals surface area (Å²) in [6.07, 6.45) is 5.09. The standard InChI is InChI=1S/C10H14N2O3/c1-7(10(13)14)15-5-9-4-11-6-12(9)8-2-3-8/h4,6-8H,2-3,5H2,1H3,(H,13,14). The molecule has 0 spiro atoms. The van der Waals surface area contributed by atoms with Gasteiger partial charge in [-0.05, 0) is 19.8 Å². The molecule has 1 atom stereocenters. The zero-order valence-corrected chi connectivity index (χ0v) is 8.59. The zero-order valence-electron chi connectivity index (χ0n) is 8.59. The predicted molar refractivity (Wildman–Crippen MR) is 52.4 cm³/mol. The maximum Gasteiger partial charge on any atom is 0.332 e. The quantitative estimate of drug-likeness (QED) is 0.793. The van der Waals surface area contributed by atoms with E-state index in [1.807, 2.05) is 0 Å². The summed E-state index contributed by atoms with van der Waals surface area (Å²) >= 11 is 0. The smallest absolute Gasteiger partial charge is 0.332 e. The third-order valence-corrected chi connectivity index (χ3v) is 2.52. The molecule has 0 saturated heterocycles. The molecular weight excluding hydrogens is 196 g/mol. The number of aromatic nitrogens is 2. The summed E-state index contributed by atoms with van der Waals surface area (Å²) in [5.41, 5.74) is 0.950. The lowest BCUT2D eigenvalue weighted by molar-refractivity contribution is -0.150. The highest BCUT2D eigenvalue weighted by Crippen LogP contribution is 2.35. The number of carbonyl (C=O) groups is 1. The molecule has 0 amide bonds. The van der Waals surface area contributed by atoms with E-state index in [9.17, 15) is 4.79 Å². The van der Waals surface area contributed by atoms with Gasteiger partial charge in [0.05, 0.1) is 24.8 Å². The van der Waals surface area contributed by atoms with Crippen molar-refractivity contribution >= 4 is 5.97 Å². The molecule has 15 heavy (non-hydrogen) atoms. The van der Waals surface area contributed by atoms with Gasteiger partial charge >= 0.3 is 5.97 Å². The molecule has 5 nitrogen and oxygen atoms in total. The number of hydrogen-bond donors (Lipinski definition) is 1. The normalized spacial score (nSPS) is 17.7. The van der Waals surface area contributed by atoms with Crippen LogP contribution in [0.15, 0.2) is 12.5 Å². The van der Waals surface area contributed by atoms with Gasteiger partial charge in [-0.25, -0.2) is 9.78 Å². The summed E-state index contributed by atoms with van der Waals surface area (Å²) in [6.45, 7) is 1.84. The Morgan fingerprint density at radius 3 is 3.13 bits per heavy atom. The van der Waals surface area contributed by atoms with E-state index in [-0.39, 0.29) is 0 Å². The van der Waals surface area contributed by atoms with Crippen LogP contribution in [0.5, 0.6) is 0 Å². The van der Waals surface area contributed by atoms with Crippen molar-refractivity contribution < 1.29 is 14.6 Å². The third-order valence-electron chi connectivity index (χ3n) is 2.52. The van der Waals surface area contributed by atoms with Crippen molar-refractivity contribution in [3.63, 3.8) is 0 Å². The Hall–Kier alpha value is -1.36. The summed E-state index contributed by atoms with van der Waals surface area (Å²) < 4.78 is 7.27. The summed E-state index contributed by atoms with van der Waals surface area (Å²) in [7, 11) is 0. The fourth-order valence-corrected chi connectivity index (χ4v) is 1.41. The maximum atomic E-state index is 10.5. The van der Waals surface area contributed by atoms with Crippen molar-refractivity contribution in [3.8, 4) is 0 Å². The van der Waals surface area contributed by atoms with E-state index in [1.54, 1.807) is 12.5 Å². The van der Waals surface area contributed by atoms with Gasteiger partial charge in [-0.1, -0.05) is 0 Å². The Balaban J connectivity index is 1.92. The van der Waals surface area contributed by atoms with Crippen molar-refractivity contribution in [3.05, 3.63) is 18.2 Å². The largest absolute Gasteiger partial charge is 0.479 e. The highest BCUT2D eigenvalue weighted by molar-refractivity contribution is 5.71. The topological polar surface area (TPSA) is 64.4 Å². The number of carboxylic acids is 1. The minimum Gasteiger partial charge on any atom is -0.479 e. The molecule has 0 bridgehead atoms. The number of ether oxygens (including phenoxy) is 1. The summed E-state index contributed by atoms with van der Waals surface area (Å²) in [5.74, 6) is -0.938. The van der Waals surface area contributed by atoms with Gasteiger partial charge in [0, 0.05) is 6.04 Å². The molecule has 82 valence electrons. The van der Waals surface area contributed by atoms with Crippen molar-refractivity contribution in [2.45, 2.75) is 38.5 Å². The molecule has 2 rings (SSSR count). The Morgan fingerprint density at radius 1 is 1.80 bits per heavy atom. The molecule has 1 aliphatic rings. The molecular formula is C10H14N2O3. The first-order valence-corrected chi connectivity index (χ1v) is 5.03. The summed E-state index contributed by atoms with van der Waals surface area (Å²) in [5, 5.41) is 8.65. The number of nitrogens with zero attached hydrogens (tertiary/aromatic N) is 2. The van der Waals surface area contributed by atoms with Crippen LogP contribution in [-0.4, -0.2) is 26.7 Å². The van der Waals surface area contributed by atoms with E-state index >= 15 is 0 Å². The predicted octanol–water partition coefficient (Wildman–Crippen LogP) is 1.21. The molecule has 1 fully saturated rings. The van der Waals surface area contributed by atoms with Crippen LogP contribution in [0.4, 0.5) is 0 Å². The van der Waals surface area contributed by atoms with Crippen molar-refractivity contribution in [2.24, 2.45) is 0 Å². The lowest BCUT2D eigenvalue weighted by Crippen LogP contribution is -2.20. The van der Waals surface area contributed by atoms with E-state index < -0.39 is 12.1 Å². The molecule has 1 aliphatic carbocycles. The molecule has 0 aliphatic heterocycles. The van der Waals surface area contributed by atoms with E-state index in [0.29, 0.717) is 12.6 Å². The van der Waals surface area contributed by atoms with Gasteiger partial charge in [0.1, 0.15) is 0 Å². The first-order valence-electron chi connectivity index (χ1n) is 5.03. The van der Waals surface area contributed by atoms with Gasteiger partial charge in [0.25, 0.3) is 0 Å². The van der Waals surface area contributed by atoms with E-state index in [2.05, 4.69) is 9.55 Å². The molecule has 5 heteroatoms. The SMILES string of the molecule is CC(OCc1cncn1C1CC1)C(=O)O. The Labute approximate surface area is 87.7 Å². The Morgan fingerprint density at radius 2 is 2.53 bits per heavy atom. The fourth-order valence-electron chi connectivity index (χ4n) is 1.41. The minimum atomic E-state index is -0.938. The number of carboxylic acid groups (broad SMARTS) is 1. The summed E-state index contributed by atoms with van der Waals surface area (Å²) in [4.78, 5) is 14.6. The Kier molecular flexibility index (Phi) is 2.73. The molecule has 1 saturated carbocycles.